The molecule has 3 heteroatoms. The fourth-order valence-corrected chi connectivity index (χ4v) is 2.98. The molecule has 0 unspecified atom stereocenters. The zero-order chi connectivity index (χ0) is 18.5. The van der Waals surface area contributed by atoms with Crippen molar-refractivity contribution in [2.45, 2.75) is 26.7 Å². The quantitative estimate of drug-likeness (QED) is 0.467. The first-order valence-corrected chi connectivity index (χ1v) is 9.11. The van der Waals surface area contributed by atoms with Crippen LogP contribution in [0.25, 0.3) is 0 Å². The van der Waals surface area contributed by atoms with Crippen molar-refractivity contribution in [2.24, 2.45) is 0 Å². The van der Waals surface area contributed by atoms with Crippen LogP contribution < -0.4 is 4.90 Å². The van der Waals surface area contributed by atoms with Gasteiger partial charge in [-0.15, -0.1) is 0 Å². The maximum absolute atomic E-state index is 11.0. The van der Waals surface area contributed by atoms with Gasteiger partial charge in [0, 0.05) is 23.5 Å². The summed E-state index contributed by atoms with van der Waals surface area (Å²) in [4.78, 5) is 13.2. The molecule has 0 atom stereocenters. The van der Waals surface area contributed by atoms with Crippen molar-refractivity contribution in [2.75, 3.05) is 4.90 Å². The highest BCUT2D eigenvalue weighted by Gasteiger charge is 2.12. The molecule has 132 valence electrons. The van der Waals surface area contributed by atoms with Crippen molar-refractivity contribution in [3.63, 3.8) is 0 Å². The molecule has 3 aromatic carbocycles. The van der Waals surface area contributed by atoms with E-state index in [9.17, 15) is 4.79 Å². The number of carbonyl (C=O) groups excluding carboxylic acids is 1. The lowest BCUT2D eigenvalue weighted by atomic mass is 10.1. The molecule has 0 radical (unpaired) electrons. The smallest absolute Gasteiger partial charge is 0.221 e. The Hall–Kier alpha value is -2.58. The number of hydrogen-bond acceptors (Lipinski definition) is 2. The van der Waals surface area contributed by atoms with Crippen LogP contribution in [0.3, 0.4) is 0 Å². The Morgan fingerprint density at radius 3 is 1.50 bits per heavy atom. The summed E-state index contributed by atoms with van der Waals surface area (Å²) >= 11 is 5.45. The maximum Gasteiger partial charge on any atom is 0.221 e. The molecule has 0 saturated carbocycles. The van der Waals surface area contributed by atoms with Crippen molar-refractivity contribution < 1.29 is 4.79 Å². The molecule has 2 nitrogen and oxygen atoms in total. The van der Waals surface area contributed by atoms with Gasteiger partial charge in [0.05, 0.1) is 0 Å². The molecule has 0 aliphatic heterocycles. The molecule has 0 fully saturated rings. The first-order chi connectivity index (χ1) is 12.5. The van der Waals surface area contributed by atoms with Gasteiger partial charge in [-0.2, -0.15) is 0 Å². The zero-order valence-corrected chi connectivity index (χ0v) is 15.8. The Morgan fingerprint density at radius 1 is 0.731 bits per heavy atom. The molecule has 0 bridgehead atoms. The highest BCUT2D eigenvalue weighted by Crippen LogP contribution is 2.34. The van der Waals surface area contributed by atoms with Gasteiger partial charge in [-0.3, -0.25) is 4.79 Å². The molecule has 3 aromatic rings. The molecule has 0 aliphatic rings. The number of nitrogens with zero attached hydrogens (tertiary/aromatic N) is 1. The van der Waals surface area contributed by atoms with Gasteiger partial charge in [0.15, 0.2) is 0 Å². The van der Waals surface area contributed by atoms with Crippen LogP contribution in [-0.2, 0) is 11.2 Å². The summed E-state index contributed by atoms with van der Waals surface area (Å²) < 4.78 is 0. The predicted octanol–water partition coefficient (Wildman–Crippen LogP) is 6.47. The minimum atomic E-state index is -0.296. The molecule has 0 N–H and O–H groups in total. The summed E-state index contributed by atoms with van der Waals surface area (Å²) in [6.07, 6.45) is 1.03. The first kappa shape index (κ1) is 18.2. The van der Waals surface area contributed by atoms with E-state index in [4.69, 9.17) is 11.6 Å². The highest BCUT2D eigenvalue weighted by atomic mass is 35.5. The third-order valence-corrected chi connectivity index (χ3v) is 4.58. The van der Waals surface area contributed by atoms with Gasteiger partial charge in [0.2, 0.25) is 5.24 Å². The Bertz CT molecular complexity index is 822. The summed E-state index contributed by atoms with van der Waals surface area (Å²) in [5.74, 6) is 0. The van der Waals surface area contributed by atoms with Gasteiger partial charge in [0.25, 0.3) is 0 Å². The molecule has 0 amide bonds. The maximum atomic E-state index is 11.0. The summed E-state index contributed by atoms with van der Waals surface area (Å²) in [7, 11) is 0. The van der Waals surface area contributed by atoms with Crippen LogP contribution in [0.1, 0.15) is 23.1 Å². The molecule has 0 aliphatic carbocycles. The largest absolute Gasteiger partial charge is 0.311 e. The molecule has 0 aromatic heterocycles. The van der Waals surface area contributed by atoms with Gasteiger partial charge in [-0.05, 0) is 73.8 Å². The lowest BCUT2D eigenvalue weighted by molar-refractivity contribution is -0.111. The zero-order valence-electron chi connectivity index (χ0n) is 15.1. The topological polar surface area (TPSA) is 20.3 Å². The van der Waals surface area contributed by atoms with Crippen LogP contribution >= 0.6 is 11.6 Å². The third-order valence-electron chi connectivity index (χ3n) is 4.39. The molecule has 0 saturated heterocycles. The van der Waals surface area contributed by atoms with Crippen LogP contribution in [0.2, 0.25) is 0 Å². The van der Waals surface area contributed by atoms with Crippen molar-refractivity contribution in [3.8, 4) is 0 Å². The van der Waals surface area contributed by atoms with Gasteiger partial charge in [0.1, 0.15) is 0 Å². The van der Waals surface area contributed by atoms with Crippen molar-refractivity contribution in [1.82, 2.24) is 0 Å². The minimum absolute atomic E-state index is 0.296. The molecular weight excluding hydrogens is 342 g/mol. The molecule has 26 heavy (non-hydrogen) atoms. The molecule has 3 rings (SSSR count). The first-order valence-electron chi connectivity index (χ1n) is 8.74. The lowest BCUT2D eigenvalue weighted by Gasteiger charge is -2.26. The van der Waals surface area contributed by atoms with E-state index in [1.807, 2.05) is 0 Å². The minimum Gasteiger partial charge on any atom is -0.311 e. The van der Waals surface area contributed by atoms with Gasteiger partial charge >= 0.3 is 0 Å². The van der Waals surface area contributed by atoms with Crippen molar-refractivity contribution in [1.29, 1.82) is 0 Å². The fraction of sp³-hybridized carbons (Fsp3) is 0.174. The van der Waals surface area contributed by atoms with E-state index >= 15 is 0 Å². The number of benzene rings is 3. The van der Waals surface area contributed by atoms with E-state index in [1.54, 1.807) is 0 Å². The third kappa shape index (κ3) is 4.53. The van der Waals surface area contributed by atoms with Crippen LogP contribution in [0.15, 0.2) is 72.8 Å². The van der Waals surface area contributed by atoms with Crippen molar-refractivity contribution >= 4 is 33.9 Å². The number of anilines is 3. The highest BCUT2D eigenvalue weighted by molar-refractivity contribution is 6.63. The second kappa shape index (κ2) is 8.20. The SMILES string of the molecule is Cc1ccc(N(c2ccc(C)cc2)c2ccc(CCC(=O)Cl)cc2)cc1. The summed E-state index contributed by atoms with van der Waals surface area (Å²) in [5, 5.41) is -0.296. The van der Waals surface area contributed by atoms with Gasteiger partial charge in [-0.1, -0.05) is 47.5 Å². The number of aryl methyl sites for hydroxylation is 3. The average molecular weight is 364 g/mol. The van der Waals surface area contributed by atoms with Gasteiger partial charge in [-0.25, -0.2) is 0 Å². The van der Waals surface area contributed by atoms with E-state index in [1.165, 1.54) is 11.1 Å². The van der Waals surface area contributed by atoms with E-state index < -0.39 is 0 Å². The van der Waals surface area contributed by atoms with Crippen LogP contribution in [-0.4, -0.2) is 5.24 Å². The summed E-state index contributed by atoms with van der Waals surface area (Å²) in [6, 6.07) is 25.3. The Morgan fingerprint density at radius 2 is 1.12 bits per heavy atom. The predicted molar refractivity (Wildman–Crippen MR) is 110 cm³/mol. The normalized spacial score (nSPS) is 10.6. The van der Waals surface area contributed by atoms with Crippen LogP contribution in [0.5, 0.6) is 0 Å². The second-order valence-corrected chi connectivity index (χ2v) is 6.95. The average Bonchev–Trinajstić information content (AvgIpc) is 2.64. The van der Waals surface area contributed by atoms with Gasteiger partial charge < -0.3 is 4.90 Å². The number of carbonyl (C=O) groups is 1. The summed E-state index contributed by atoms with van der Waals surface area (Å²) in [5.41, 5.74) is 6.89. The fourth-order valence-electron chi connectivity index (χ4n) is 2.89. The molecule has 0 heterocycles. The Balaban J connectivity index is 1.96. The molecular formula is C23H22ClNO. The van der Waals surface area contributed by atoms with E-state index in [-0.39, 0.29) is 5.24 Å². The van der Waals surface area contributed by atoms with Crippen LogP contribution in [0.4, 0.5) is 17.1 Å². The second-order valence-electron chi connectivity index (χ2n) is 6.53. The Kier molecular flexibility index (Phi) is 5.75. The van der Waals surface area contributed by atoms with Crippen LogP contribution in [0, 0.1) is 13.8 Å². The number of halogens is 1. The Labute approximate surface area is 160 Å². The van der Waals surface area contributed by atoms with E-state index in [0.717, 1.165) is 22.6 Å². The molecule has 0 spiro atoms. The monoisotopic (exact) mass is 363 g/mol. The van der Waals surface area contributed by atoms with E-state index in [2.05, 4.69) is 91.5 Å². The standard InChI is InChI=1S/C23H22ClNO/c1-17-3-10-20(11-4-17)25(21-12-5-18(2)6-13-21)22-14-7-19(8-15-22)9-16-23(24)26/h3-8,10-15H,9,16H2,1-2H3. The summed E-state index contributed by atoms with van der Waals surface area (Å²) in [6.45, 7) is 4.18. The lowest BCUT2D eigenvalue weighted by Crippen LogP contribution is -2.10. The number of hydrogen-bond donors (Lipinski definition) is 0. The van der Waals surface area contributed by atoms with Crippen molar-refractivity contribution in [3.05, 3.63) is 89.5 Å². The van der Waals surface area contributed by atoms with E-state index in [0.29, 0.717) is 12.8 Å². The number of rotatable bonds is 6.